The summed E-state index contributed by atoms with van der Waals surface area (Å²) in [4.78, 5) is 27.8. The molecule has 0 aliphatic carbocycles. The van der Waals surface area contributed by atoms with Crippen LogP contribution in [0, 0.1) is 21.4 Å². The Hall–Kier alpha value is -2.18. The quantitative estimate of drug-likeness (QED) is 0.668. The van der Waals surface area contributed by atoms with Gasteiger partial charge in [-0.15, -0.1) is 0 Å². The van der Waals surface area contributed by atoms with Crippen LogP contribution in [0.4, 0.5) is 11.5 Å². The Morgan fingerprint density at radius 1 is 1.60 bits per heavy atom. The lowest BCUT2D eigenvalue weighted by Gasteiger charge is -2.28. The minimum absolute atomic E-state index is 0.0105. The maximum atomic E-state index is 11.6. The number of rotatable bonds is 4. The van der Waals surface area contributed by atoms with Gasteiger partial charge in [-0.2, -0.15) is 0 Å². The zero-order valence-corrected chi connectivity index (χ0v) is 11.4. The minimum atomic E-state index is -0.819. The van der Waals surface area contributed by atoms with E-state index < -0.39 is 16.3 Å². The largest absolute Gasteiger partial charge is 0.481 e. The average molecular weight is 279 g/mol. The molecular formula is C13H17N3O4. The monoisotopic (exact) mass is 279 g/mol. The van der Waals surface area contributed by atoms with E-state index in [9.17, 15) is 20.0 Å². The molecule has 0 aromatic carbocycles. The molecule has 0 saturated carbocycles. The molecule has 2 heterocycles. The third-order valence-electron chi connectivity index (χ3n) is 4.10. The molecule has 0 radical (unpaired) electrons. The topological polar surface area (TPSA) is 96.6 Å². The first-order valence-electron chi connectivity index (χ1n) is 6.45. The first-order valence-corrected chi connectivity index (χ1v) is 6.45. The Morgan fingerprint density at radius 3 is 2.80 bits per heavy atom. The van der Waals surface area contributed by atoms with Crippen LogP contribution in [0.5, 0.6) is 0 Å². The fraction of sp³-hybridized carbons (Fsp3) is 0.538. The highest BCUT2D eigenvalue weighted by molar-refractivity contribution is 5.77. The van der Waals surface area contributed by atoms with Crippen molar-refractivity contribution in [1.29, 1.82) is 0 Å². The summed E-state index contributed by atoms with van der Waals surface area (Å²) < 4.78 is 0. The number of aromatic nitrogens is 1. The SMILES string of the molecule is CC(C)C1(C(=O)O)CCN(c2cc([N+](=O)[O-])ccn2)C1. The van der Waals surface area contributed by atoms with Gasteiger partial charge in [-0.3, -0.25) is 14.9 Å². The lowest BCUT2D eigenvalue weighted by atomic mass is 9.76. The van der Waals surface area contributed by atoms with E-state index in [-0.39, 0.29) is 11.6 Å². The van der Waals surface area contributed by atoms with Gasteiger partial charge in [0.05, 0.1) is 16.4 Å². The van der Waals surface area contributed by atoms with Gasteiger partial charge >= 0.3 is 5.97 Å². The van der Waals surface area contributed by atoms with Crippen molar-refractivity contribution in [2.24, 2.45) is 11.3 Å². The number of anilines is 1. The third-order valence-corrected chi connectivity index (χ3v) is 4.10. The van der Waals surface area contributed by atoms with Crippen molar-refractivity contribution in [3.63, 3.8) is 0 Å². The van der Waals surface area contributed by atoms with Gasteiger partial charge in [0, 0.05) is 25.4 Å². The number of aliphatic carboxylic acids is 1. The van der Waals surface area contributed by atoms with Crippen LogP contribution < -0.4 is 4.90 Å². The van der Waals surface area contributed by atoms with Crippen LogP contribution in [-0.4, -0.2) is 34.1 Å². The molecule has 0 amide bonds. The lowest BCUT2D eigenvalue weighted by Crippen LogP contribution is -2.39. The molecule has 7 nitrogen and oxygen atoms in total. The molecule has 108 valence electrons. The molecule has 1 aliphatic rings. The fourth-order valence-corrected chi connectivity index (χ4v) is 2.62. The van der Waals surface area contributed by atoms with E-state index in [1.54, 1.807) is 4.90 Å². The molecule has 0 bridgehead atoms. The zero-order valence-electron chi connectivity index (χ0n) is 11.4. The van der Waals surface area contributed by atoms with Crippen molar-refractivity contribution in [3.05, 3.63) is 28.4 Å². The third kappa shape index (κ3) is 2.31. The highest BCUT2D eigenvalue weighted by atomic mass is 16.6. The van der Waals surface area contributed by atoms with Crippen LogP contribution in [0.3, 0.4) is 0 Å². The summed E-state index contributed by atoms with van der Waals surface area (Å²) in [6.07, 6.45) is 1.90. The van der Waals surface area contributed by atoms with E-state index in [4.69, 9.17) is 0 Å². The smallest absolute Gasteiger partial charge is 0.311 e. The van der Waals surface area contributed by atoms with Crippen molar-refractivity contribution in [1.82, 2.24) is 4.98 Å². The van der Waals surface area contributed by atoms with Crippen molar-refractivity contribution in [2.45, 2.75) is 20.3 Å². The molecule has 0 spiro atoms. The van der Waals surface area contributed by atoms with Gasteiger partial charge in [0.15, 0.2) is 0 Å². The highest BCUT2D eigenvalue weighted by Crippen LogP contribution is 2.39. The number of carbonyl (C=O) groups is 1. The fourth-order valence-electron chi connectivity index (χ4n) is 2.62. The lowest BCUT2D eigenvalue weighted by molar-refractivity contribution is -0.384. The predicted octanol–water partition coefficient (Wildman–Crippen LogP) is 1.93. The van der Waals surface area contributed by atoms with Gasteiger partial charge in [-0.05, 0) is 12.3 Å². The second-order valence-electron chi connectivity index (χ2n) is 5.42. The molecule has 7 heteroatoms. The molecule has 1 unspecified atom stereocenters. The Balaban J connectivity index is 2.27. The Labute approximate surface area is 116 Å². The van der Waals surface area contributed by atoms with Crippen molar-refractivity contribution < 1.29 is 14.8 Å². The molecule has 20 heavy (non-hydrogen) atoms. The normalized spacial score (nSPS) is 22.2. The van der Waals surface area contributed by atoms with Crippen LogP contribution >= 0.6 is 0 Å². The molecule has 1 aliphatic heterocycles. The summed E-state index contributed by atoms with van der Waals surface area (Å²) in [6.45, 7) is 4.64. The van der Waals surface area contributed by atoms with E-state index >= 15 is 0 Å². The first-order chi connectivity index (χ1) is 9.36. The summed E-state index contributed by atoms with van der Waals surface area (Å²) in [5, 5.41) is 20.3. The van der Waals surface area contributed by atoms with E-state index in [1.807, 2.05) is 13.8 Å². The summed E-state index contributed by atoms with van der Waals surface area (Å²) in [5.41, 5.74) is -0.848. The minimum Gasteiger partial charge on any atom is -0.481 e. The maximum absolute atomic E-state index is 11.6. The molecule has 1 saturated heterocycles. The Kier molecular flexibility index (Phi) is 3.61. The van der Waals surface area contributed by atoms with Crippen LogP contribution in [-0.2, 0) is 4.79 Å². The van der Waals surface area contributed by atoms with Crippen LogP contribution in [0.15, 0.2) is 18.3 Å². The average Bonchev–Trinajstić information content (AvgIpc) is 2.85. The van der Waals surface area contributed by atoms with Gasteiger partial charge < -0.3 is 10.0 Å². The van der Waals surface area contributed by atoms with Gasteiger partial charge in [0.2, 0.25) is 0 Å². The number of pyridine rings is 1. The molecule has 1 aromatic heterocycles. The molecule has 1 N–H and O–H groups in total. The molecule has 1 aromatic rings. The van der Waals surface area contributed by atoms with Crippen LogP contribution in [0.25, 0.3) is 0 Å². The maximum Gasteiger partial charge on any atom is 0.311 e. The van der Waals surface area contributed by atoms with Crippen molar-refractivity contribution in [2.75, 3.05) is 18.0 Å². The van der Waals surface area contributed by atoms with Gasteiger partial charge in [0.1, 0.15) is 5.82 Å². The summed E-state index contributed by atoms with van der Waals surface area (Å²) in [6, 6.07) is 2.71. The number of nitro groups is 1. The summed E-state index contributed by atoms with van der Waals surface area (Å²) >= 11 is 0. The molecular weight excluding hydrogens is 262 g/mol. The molecule has 1 fully saturated rings. The van der Waals surface area contributed by atoms with Gasteiger partial charge in [-0.25, -0.2) is 4.98 Å². The highest BCUT2D eigenvalue weighted by Gasteiger charge is 2.47. The van der Waals surface area contributed by atoms with Crippen LogP contribution in [0.2, 0.25) is 0 Å². The number of hydrogen-bond donors (Lipinski definition) is 1. The van der Waals surface area contributed by atoms with Crippen LogP contribution in [0.1, 0.15) is 20.3 Å². The van der Waals surface area contributed by atoms with Crippen molar-refractivity contribution >= 4 is 17.5 Å². The van der Waals surface area contributed by atoms with E-state index in [0.29, 0.717) is 25.3 Å². The summed E-state index contributed by atoms with van der Waals surface area (Å²) in [5.74, 6) is -0.368. The Bertz CT molecular complexity index is 546. The number of nitrogens with zero attached hydrogens (tertiary/aromatic N) is 3. The first kappa shape index (κ1) is 14.2. The Morgan fingerprint density at radius 2 is 2.30 bits per heavy atom. The van der Waals surface area contributed by atoms with Gasteiger partial charge in [0.25, 0.3) is 5.69 Å². The van der Waals surface area contributed by atoms with E-state index in [0.717, 1.165) is 0 Å². The molecule has 2 rings (SSSR count). The second-order valence-corrected chi connectivity index (χ2v) is 5.42. The number of hydrogen-bond acceptors (Lipinski definition) is 5. The van der Waals surface area contributed by atoms with E-state index in [2.05, 4.69) is 4.98 Å². The van der Waals surface area contributed by atoms with Gasteiger partial charge in [-0.1, -0.05) is 13.8 Å². The second kappa shape index (κ2) is 5.07. The predicted molar refractivity (Wildman–Crippen MR) is 72.6 cm³/mol. The number of carboxylic acids is 1. The molecule has 1 atom stereocenters. The summed E-state index contributed by atoms with van der Waals surface area (Å²) in [7, 11) is 0. The standard InChI is InChI=1S/C13H17N3O4/c1-9(2)13(12(17)18)4-6-15(8-13)11-7-10(16(19)20)3-5-14-11/h3,5,7,9H,4,6,8H2,1-2H3,(H,17,18). The number of carboxylic acid groups (broad SMARTS) is 1. The van der Waals surface area contributed by atoms with E-state index in [1.165, 1.54) is 18.3 Å². The zero-order chi connectivity index (χ0) is 14.9. The van der Waals surface area contributed by atoms with Crippen molar-refractivity contribution in [3.8, 4) is 0 Å².